The van der Waals surface area contributed by atoms with Gasteiger partial charge in [0.05, 0.1) is 16.7 Å². The van der Waals surface area contributed by atoms with Gasteiger partial charge in [-0.25, -0.2) is 4.39 Å². The molecule has 2 atom stereocenters. The number of carbonyl (C=O) groups is 1. The fourth-order valence-electron chi connectivity index (χ4n) is 2.22. The van der Waals surface area contributed by atoms with E-state index < -0.39 is 17.8 Å². The molecule has 0 fully saturated rings. The number of halogens is 2. The zero-order valence-electron chi connectivity index (χ0n) is 12.1. The number of rotatable bonds is 5. The summed E-state index contributed by atoms with van der Waals surface area (Å²) in [7, 11) is 0. The molecule has 0 saturated heterocycles. The van der Waals surface area contributed by atoms with Crippen molar-refractivity contribution in [2.45, 2.75) is 25.5 Å². The Morgan fingerprint density at radius 2 is 1.91 bits per heavy atom. The van der Waals surface area contributed by atoms with Gasteiger partial charge in [0.25, 0.3) is 5.91 Å². The van der Waals surface area contributed by atoms with Crippen LogP contribution in [0.25, 0.3) is 0 Å². The molecule has 0 aromatic heterocycles. The van der Waals surface area contributed by atoms with E-state index >= 15 is 0 Å². The van der Waals surface area contributed by atoms with E-state index in [0.29, 0.717) is 6.42 Å². The zero-order valence-corrected chi connectivity index (χ0v) is 12.8. The number of aliphatic hydroxyl groups is 1. The van der Waals surface area contributed by atoms with Crippen molar-refractivity contribution in [1.82, 2.24) is 5.32 Å². The molecule has 2 N–H and O–H groups in total. The maximum Gasteiger partial charge on any atom is 0.255 e. The maximum absolute atomic E-state index is 13.7. The summed E-state index contributed by atoms with van der Waals surface area (Å²) in [5.74, 6) is -1.25. The number of hydrogen-bond acceptors (Lipinski definition) is 2. The first-order valence-corrected chi connectivity index (χ1v) is 7.34. The van der Waals surface area contributed by atoms with E-state index in [9.17, 15) is 14.3 Å². The molecule has 0 aliphatic carbocycles. The van der Waals surface area contributed by atoms with E-state index in [1.54, 1.807) is 6.92 Å². The van der Waals surface area contributed by atoms with E-state index in [1.165, 1.54) is 18.2 Å². The first-order valence-electron chi connectivity index (χ1n) is 6.97. The second kappa shape index (κ2) is 7.38. The number of amides is 1. The van der Waals surface area contributed by atoms with Crippen molar-refractivity contribution in [3.8, 4) is 0 Å². The van der Waals surface area contributed by atoms with Crippen molar-refractivity contribution in [1.29, 1.82) is 0 Å². The molecule has 2 rings (SSSR count). The highest BCUT2D eigenvalue weighted by molar-refractivity contribution is 6.33. The van der Waals surface area contributed by atoms with Gasteiger partial charge in [0.1, 0.15) is 5.82 Å². The summed E-state index contributed by atoms with van der Waals surface area (Å²) in [6, 6.07) is 12.9. The van der Waals surface area contributed by atoms with Crippen LogP contribution in [-0.2, 0) is 0 Å². The lowest BCUT2D eigenvalue weighted by Crippen LogP contribution is -2.34. The van der Waals surface area contributed by atoms with Gasteiger partial charge >= 0.3 is 0 Å². The average molecular weight is 322 g/mol. The second-order valence-electron chi connectivity index (χ2n) is 5.13. The van der Waals surface area contributed by atoms with Crippen LogP contribution in [0.15, 0.2) is 48.5 Å². The Morgan fingerprint density at radius 3 is 2.55 bits per heavy atom. The van der Waals surface area contributed by atoms with E-state index in [-0.39, 0.29) is 16.6 Å². The smallest absolute Gasteiger partial charge is 0.255 e. The van der Waals surface area contributed by atoms with Gasteiger partial charge in [-0.1, -0.05) is 48.0 Å². The topological polar surface area (TPSA) is 49.3 Å². The minimum Gasteiger partial charge on any atom is -0.388 e. The predicted octanol–water partition coefficient (Wildman–Crippen LogP) is 3.72. The second-order valence-corrected chi connectivity index (χ2v) is 5.54. The first kappa shape index (κ1) is 16.5. The number of nitrogens with one attached hydrogen (secondary N) is 1. The van der Waals surface area contributed by atoms with E-state index in [0.717, 1.165) is 5.56 Å². The van der Waals surface area contributed by atoms with Crippen LogP contribution >= 0.6 is 11.6 Å². The van der Waals surface area contributed by atoms with Gasteiger partial charge in [-0.05, 0) is 31.0 Å². The summed E-state index contributed by atoms with van der Waals surface area (Å²) < 4.78 is 13.7. The van der Waals surface area contributed by atoms with Gasteiger partial charge in [0, 0.05) is 6.04 Å². The molecule has 0 saturated carbocycles. The summed E-state index contributed by atoms with van der Waals surface area (Å²) in [5.41, 5.74) is 0.595. The van der Waals surface area contributed by atoms with Gasteiger partial charge < -0.3 is 10.4 Å². The number of benzene rings is 2. The zero-order chi connectivity index (χ0) is 16.1. The average Bonchev–Trinajstić information content (AvgIpc) is 2.47. The predicted molar refractivity (Wildman–Crippen MR) is 84.4 cm³/mol. The maximum atomic E-state index is 13.7. The van der Waals surface area contributed by atoms with E-state index in [1.807, 2.05) is 30.3 Å². The highest BCUT2D eigenvalue weighted by Crippen LogP contribution is 2.21. The Kier molecular flexibility index (Phi) is 5.52. The van der Waals surface area contributed by atoms with Gasteiger partial charge in [0.2, 0.25) is 0 Å². The SMILES string of the molecule is CC(CC(O)c1ccccc1)NC(=O)c1c(F)cccc1Cl. The minimum absolute atomic E-state index is 0.0632. The third-order valence-corrected chi connectivity index (χ3v) is 3.64. The lowest BCUT2D eigenvalue weighted by molar-refractivity contribution is 0.0913. The van der Waals surface area contributed by atoms with Gasteiger partial charge in [-0.3, -0.25) is 4.79 Å². The monoisotopic (exact) mass is 321 g/mol. The number of aliphatic hydroxyl groups excluding tert-OH is 1. The summed E-state index contributed by atoms with van der Waals surface area (Å²) in [5, 5.41) is 12.9. The van der Waals surface area contributed by atoms with Crippen molar-refractivity contribution in [3.63, 3.8) is 0 Å². The molecule has 0 aliphatic heterocycles. The molecule has 5 heteroatoms. The Hall–Kier alpha value is -1.91. The summed E-state index contributed by atoms with van der Waals surface area (Å²) in [4.78, 5) is 12.1. The summed E-state index contributed by atoms with van der Waals surface area (Å²) >= 11 is 5.86. The highest BCUT2D eigenvalue weighted by atomic mass is 35.5. The third-order valence-electron chi connectivity index (χ3n) is 3.33. The first-order chi connectivity index (χ1) is 10.5. The van der Waals surface area contributed by atoms with Crippen LogP contribution < -0.4 is 5.32 Å². The Labute approximate surface area is 133 Å². The van der Waals surface area contributed by atoms with Crippen LogP contribution in [0, 0.1) is 5.82 Å². The van der Waals surface area contributed by atoms with Crippen LogP contribution in [0.5, 0.6) is 0 Å². The van der Waals surface area contributed by atoms with Gasteiger partial charge in [0.15, 0.2) is 0 Å². The Bertz CT molecular complexity index is 628. The molecule has 0 radical (unpaired) electrons. The van der Waals surface area contributed by atoms with Crippen LogP contribution in [-0.4, -0.2) is 17.1 Å². The van der Waals surface area contributed by atoms with Crippen molar-refractivity contribution in [3.05, 3.63) is 70.5 Å². The van der Waals surface area contributed by atoms with Gasteiger partial charge in [-0.2, -0.15) is 0 Å². The third kappa shape index (κ3) is 4.06. The summed E-state index contributed by atoms with van der Waals surface area (Å²) in [6.07, 6.45) is -0.380. The standard InChI is InChI=1S/C17H17ClFNO2/c1-11(10-15(21)12-6-3-2-4-7-12)20-17(22)16-13(18)8-5-9-14(16)19/h2-9,11,15,21H,10H2,1H3,(H,20,22). The normalized spacial score (nSPS) is 13.5. The lowest BCUT2D eigenvalue weighted by atomic mass is 10.0. The molecule has 116 valence electrons. The van der Waals surface area contributed by atoms with Crippen molar-refractivity contribution in [2.75, 3.05) is 0 Å². The van der Waals surface area contributed by atoms with Crippen LogP contribution in [0.2, 0.25) is 5.02 Å². The highest BCUT2D eigenvalue weighted by Gasteiger charge is 2.19. The van der Waals surface area contributed by atoms with Crippen molar-refractivity contribution < 1.29 is 14.3 Å². The van der Waals surface area contributed by atoms with Crippen molar-refractivity contribution >= 4 is 17.5 Å². The van der Waals surface area contributed by atoms with E-state index in [4.69, 9.17) is 11.6 Å². The quantitative estimate of drug-likeness (QED) is 0.881. The van der Waals surface area contributed by atoms with Crippen LogP contribution in [0.1, 0.15) is 35.4 Å². The summed E-state index contributed by atoms with van der Waals surface area (Å²) in [6.45, 7) is 1.75. The number of hydrogen-bond donors (Lipinski definition) is 2. The molecule has 0 aliphatic rings. The largest absolute Gasteiger partial charge is 0.388 e. The molecule has 2 aromatic rings. The molecule has 22 heavy (non-hydrogen) atoms. The molecule has 2 aromatic carbocycles. The molecule has 2 unspecified atom stereocenters. The number of carbonyl (C=O) groups excluding carboxylic acids is 1. The molecule has 3 nitrogen and oxygen atoms in total. The van der Waals surface area contributed by atoms with Crippen LogP contribution in [0.4, 0.5) is 4.39 Å². The Balaban J connectivity index is 2.00. The molecular formula is C17H17ClFNO2. The fraction of sp³-hybridized carbons (Fsp3) is 0.235. The molecular weight excluding hydrogens is 305 g/mol. The van der Waals surface area contributed by atoms with E-state index in [2.05, 4.69) is 5.32 Å². The molecule has 0 bridgehead atoms. The van der Waals surface area contributed by atoms with Crippen molar-refractivity contribution in [2.24, 2.45) is 0 Å². The minimum atomic E-state index is -0.701. The molecule has 0 heterocycles. The molecule has 0 spiro atoms. The molecule has 1 amide bonds. The van der Waals surface area contributed by atoms with Crippen LogP contribution in [0.3, 0.4) is 0 Å². The Morgan fingerprint density at radius 1 is 1.23 bits per heavy atom. The van der Waals surface area contributed by atoms with Gasteiger partial charge in [-0.15, -0.1) is 0 Å². The fourth-order valence-corrected chi connectivity index (χ4v) is 2.46. The lowest BCUT2D eigenvalue weighted by Gasteiger charge is -2.18.